The molecular formula is C13H21NO. The average molecular weight is 207 g/mol. The molecule has 0 N–H and O–H groups in total. The number of carbonyl (C=O) groups is 1. The van der Waals surface area contributed by atoms with Crippen LogP contribution in [0.5, 0.6) is 0 Å². The molecule has 1 aliphatic heterocycles. The lowest BCUT2D eigenvalue weighted by atomic mass is 10.0. The zero-order valence-corrected chi connectivity index (χ0v) is 9.83. The van der Waals surface area contributed by atoms with Crippen molar-refractivity contribution in [2.45, 2.75) is 33.1 Å². The maximum atomic E-state index is 11.6. The average Bonchev–Trinajstić information content (AvgIpc) is 2.65. The number of likely N-dealkylation sites (tertiary alicyclic amines) is 1. The van der Waals surface area contributed by atoms with E-state index in [1.54, 1.807) is 0 Å². The monoisotopic (exact) mass is 207 g/mol. The zero-order chi connectivity index (χ0) is 10.6. The highest BCUT2D eigenvalue weighted by Crippen LogP contribution is 2.62. The van der Waals surface area contributed by atoms with Gasteiger partial charge in [-0.2, -0.15) is 0 Å². The second-order valence-electron chi connectivity index (χ2n) is 6.31. The molecule has 84 valence electrons. The molecule has 0 aromatic heterocycles. The number of piperidine rings is 1. The van der Waals surface area contributed by atoms with Crippen LogP contribution in [0.3, 0.4) is 0 Å². The molecule has 0 aromatic rings. The Bertz CT molecular complexity index is 283. The normalized spacial score (nSPS) is 43.3. The minimum absolute atomic E-state index is 0.380. The van der Waals surface area contributed by atoms with E-state index in [0.717, 1.165) is 37.6 Å². The van der Waals surface area contributed by atoms with Crippen molar-refractivity contribution in [1.29, 1.82) is 0 Å². The van der Waals surface area contributed by atoms with Crippen LogP contribution in [0, 0.1) is 23.2 Å². The summed E-state index contributed by atoms with van der Waals surface area (Å²) in [6, 6.07) is 0. The number of Topliss-reactive ketones (excluding diaryl/α,β-unsaturated/α-hetero) is 1. The molecule has 1 heterocycles. The predicted molar refractivity (Wildman–Crippen MR) is 59.5 cm³/mol. The van der Waals surface area contributed by atoms with E-state index < -0.39 is 0 Å². The number of rotatable bonds is 2. The standard InChI is InChI=1S/C13H21NO/c1-13(2)10-7-14(8-11(10)13)6-9-4-3-5-12(9)15/h9-11H,3-8H2,1-2H3. The third-order valence-electron chi connectivity index (χ3n) is 5.11. The Kier molecular flexibility index (Phi) is 2.01. The summed E-state index contributed by atoms with van der Waals surface area (Å²) >= 11 is 0. The molecule has 3 aliphatic rings. The summed E-state index contributed by atoms with van der Waals surface area (Å²) in [5.41, 5.74) is 0.607. The van der Waals surface area contributed by atoms with Crippen LogP contribution in [0.2, 0.25) is 0 Å². The maximum Gasteiger partial charge on any atom is 0.137 e. The molecule has 0 amide bonds. The molecule has 1 saturated heterocycles. The summed E-state index contributed by atoms with van der Waals surface area (Å²) in [4.78, 5) is 14.1. The number of ketones is 1. The molecule has 3 atom stereocenters. The minimum Gasteiger partial charge on any atom is -0.302 e. The van der Waals surface area contributed by atoms with E-state index in [4.69, 9.17) is 0 Å². The Morgan fingerprint density at radius 3 is 2.53 bits per heavy atom. The van der Waals surface area contributed by atoms with E-state index in [1.807, 2.05) is 0 Å². The van der Waals surface area contributed by atoms with Crippen LogP contribution >= 0.6 is 0 Å². The fourth-order valence-electron chi connectivity index (χ4n) is 3.76. The van der Waals surface area contributed by atoms with E-state index in [9.17, 15) is 4.79 Å². The van der Waals surface area contributed by atoms with Gasteiger partial charge >= 0.3 is 0 Å². The zero-order valence-electron chi connectivity index (χ0n) is 9.83. The number of carbonyl (C=O) groups excluding carboxylic acids is 1. The molecule has 3 rings (SSSR count). The highest BCUT2D eigenvalue weighted by molar-refractivity contribution is 5.83. The molecule has 2 saturated carbocycles. The Balaban J connectivity index is 1.53. The lowest BCUT2D eigenvalue weighted by Gasteiger charge is -2.24. The van der Waals surface area contributed by atoms with Gasteiger partial charge in [0, 0.05) is 32.0 Å². The Labute approximate surface area is 92.0 Å². The van der Waals surface area contributed by atoms with Crippen LogP contribution in [-0.4, -0.2) is 30.3 Å². The number of hydrogen-bond donors (Lipinski definition) is 0. The van der Waals surface area contributed by atoms with Gasteiger partial charge in [-0.3, -0.25) is 4.79 Å². The fourth-order valence-corrected chi connectivity index (χ4v) is 3.76. The lowest BCUT2D eigenvalue weighted by Crippen LogP contribution is -2.32. The van der Waals surface area contributed by atoms with Crippen molar-refractivity contribution in [3.8, 4) is 0 Å². The topological polar surface area (TPSA) is 20.3 Å². The van der Waals surface area contributed by atoms with E-state index >= 15 is 0 Å². The third kappa shape index (κ3) is 1.45. The SMILES string of the molecule is CC1(C)C2CN(CC3CCCC3=O)CC21. The van der Waals surface area contributed by atoms with Crippen molar-refractivity contribution in [3.05, 3.63) is 0 Å². The van der Waals surface area contributed by atoms with E-state index in [1.165, 1.54) is 13.1 Å². The highest BCUT2D eigenvalue weighted by atomic mass is 16.1. The first-order valence-corrected chi connectivity index (χ1v) is 6.34. The van der Waals surface area contributed by atoms with Crippen LogP contribution in [0.25, 0.3) is 0 Å². The first kappa shape index (κ1) is 9.83. The summed E-state index contributed by atoms with van der Waals surface area (Å²) in [7, 11) is 0. The Morgan fingerprint density at radius 1 is 1.33 bits per heavy atom. The van der Waals surface area contributed by atoms with Gasteiger partial charge in [-0.1, -0.05) is 13.8 Å². The lowest BCUT2D eigenvalue weighted by molar-refractivity contribution is -0.121. The van der Waals surface area contributed by atoms with Gasteiger partial charge in [0.25, 0.3) is 0 Å². The van der Waals surface area contributed by atoms with Crippen molar-refractivity contribution < 1.29 is 4.79 Å². The quantitative estimate of drug-likeness (QED) is 0.689. The minimum atomic E-state index is 0.380. The highest BCUT2D eigenvalue weighted by Gasteiger charge is 2.61. The van der Waals surface area contributed by atoms with Gasteiger partial charge in [-0.05, 0) is 30.1 Å². The summed E-state index contributed by atoms with van der Waals surface area (Å²) < 4.78 is 0. The third-order valence-corrected chi connectivity index (χ3v) is 5.11. The van der Waals surface area contributed by atoms with Gasteiger partial charge in [0.2, 0.25) is 0 Å². The Hall–Kier alpha value is -0.370. The molecule has 0 spiro atoms. The van der Waals surface area contributed by atoms with Crippen molar-refractivity contribution >= 4 is 5.78 Å². The summed E-state index contributed by atoms with van der Waals surface area (Å²) in [6.07, 6.45) is 3.13. The Morgan fingerprint density at radius 2 is 2.00 bits per heavy atom. The molecule has 0 bridgehead atoms. The second-order valence-corrected chi connectivity index (χ2v) is 6.31. The molecule has 2 heteroatoms. The predicted octanol–water partition coefficient (Wildman–Crippen LogP) is 1.94. The van der Waals surface area contributed by atoms with Crippen molar-refractivity contribution in [1.82, 2.24) is 4.90 Å². The maximum absolute atomic E-state index is 11.6. The van der Waals surface area contributed by atoms with E-state index in [2.05, 4.69) is 18.7 Å². The summed E-state index contributed by atoms with van der Waals surface area (Å²) in [6.45, 7) is 8.34. The van der Waals surface area contributed by atoms with Crippen LogP contribution in [0.4, 0.5) is 0 Å². The number of nitrogens with zero attached hydrogens (tertiary/aromatic N) is 1. The molecule has 3 fully saturated rings. The molecule has 2 aliphatic carbocycles. The molecule has 15 heavy (non-hydrogen) atoms. The number of fused-ring (bicyclic) bond motifs is 1. The van der Waals surface area contributed by atoms with E-state index in [0.29, 0.717) is 17.1 Å². The van der Waals surface area contributed by atoms with E-state index in [-0.39, 0.29) is 0 Å². The first-order chi connectivity index (χ1) is 7.09. The van der Waals surface area contributed by atoms with Gasteiger partial charge in [0.15, 0.2) is 0 Å². The second kappa shape index (κ2) is 3.07. The fraction of sp³-hybridized carbons (Fsp3) is 0.923. The van der Waals surface area contributed by atoms with Gasteiger partial charge < -0.3 is 4.90 Å². The van der Waals surface area contributed by atoms with Crippen LogP contribution in [0.1, 0.15) is 33.1 Å². The van der Waals surface area contributed by atoms with Gasteiger partial charge in [-0.25, -0.2) is 0 Å². The number of hydrogen-bond acceptors (Lipinski definition) is 2. The van der Waals surface area contributed by atoms with Crippen LogP contribution in [-0.2, 0) is 4.79 Å². The van der Waals surface area contributed by atoms with Crippen molar-refractivity contribution in [2.24, 2.45) is 23.2 Å². The van der Waals surface area contributed by atoms with Crippen LogP contribution < -0.4 is 0 Å². The molecule has 2 nitrogen and oxygen atoms in total. The van der Waals surface area contributed by atoms with Crippen molar-refractivity contribution in [3.63, 3.8) is 0 Å². The van der Waals surface area contributed by atoms with Gasteiger partial charge in [0.1, 0.15) is 5.78 Å². The van der Waals surface area contributed by atoms with Crippen LogP contribution in [0.15, 0.2) is 0 Å². The van der Waals surface area contributed by atoms with Crippen molar-refractivity contribution in [2.75, 3.05) is 19.6 Å². The molecular weight excluding hydrogens is 186 g/mol. The first-order valence-electron chi connectivity index (χ1n) is 6.34. The smallest absolute Gasteiger partial charge is 0.137 e. The largest absolute Gasteiger partial charge is 0.302 e. The summed E-state index contributed by atoms with van der Waals surface area (Å²) in [5.74, 6) is 2.75. The summed E-state index contributed by atoms with van der Waals surface area (Å²) in [5, 5.41) is 0. The molecule has 3 unspecified atom stereocenters. The van der Waals surface area contributed by atoms with Gasteiger partial charge in [-0.15, -0.1) is 0 Å². The molecule has 0 aromatic carbocycles. The molecule has 0 radical (unpaired) electrons. The van der Waals surface area contributed by atoms with Gasteiger partial charge in [0.05, 0.1) is 0 Å².